The number of amides is 11. The van der Waals surface area contributed by atoms with Gasteiger partial charge in [-0.1, -0.05) is 179 Å². The number of hydrogen-bond acceptors (Lipinski definition) is 21. The van der Waals surface area contributed by atoms with Gasteiger partial charge in [0, 0.05) is 176 Å². The number of carbonyl (C=O) groups is 10. The van der Waals surface area contributed by atoms with Crippen LogP contribution < -0.4 is 53.6 Å². The Kier molecular flexibility index (Phi) is 50.6. The van der Waals surface area contributed by atoms with Crippen LogP contribution in [0, 0.1) is 30.7 Å². The fourth-order valence-corrected chi connectivity index (χ4v) is 17.3. The molecule has 8 aromatic rings. The van der Waals surface area contributed by atoms with Crippen LogP contribution in [0.25, 0.3) is 0 Å². The van der Waals surface area contributed by atoms with E-state index in [1.54, 1.807) is 12.1 Å². The molecule has 6 saturated heterocycles. The number of Topliss-reactive ketones (excluding diaryl/α,β-unsaturated/α-hetero) is 1. The van der Waals surface area contributed by atoms with Crippen LogP contribution in [0.4, 0.5) is 36.7 Å². The van der Waals surface area contributed by atoms with Crippen molar-refractivity contribution >= 4 is 81.2 Å². The van der Waals surface area contributed by atoms with E-state index < -0.39 is 71.4 Å². The number of allylic oxidation sites excluding steroid dienone is 2. The Morgan fingerprint density at radius 2 is 0.755 bits per heavy atom. The molecule has 8 aliphatic heterocycles. The number of urea groups is 4. The number of oxime groups is 1. The molecule has 12 N–H and O–H groups in total. The Labute approximate surface area is 858 Å². The molecule has 2 atom stereocenters. The van der Waals surface area contributed by atoms with E-state index >= 15 is 0 Å². The summed E-state index contributed by atoms with van der Waals surface area (Å²) in [4.78, 5) is 134. The molecule has 2 unspecified atom stereocenters. The number of benzene rings is 8. The molecule has 0 aromatic heterocycles. The number of alkyl halides is 1. The quantitative estimate of drug-likeness (QED) is 0.00414. The summed E-state index contributed by atoms with van der Waals surface area (Å²) < 4.78 is 64.5. The minimum atomic E-state index is -1.32. The molecule has 36 heteroatoms. The number of ether oxygens (including phenoxy) is 2. The second-order valence-corrected chi connectivity index (χ2v) is 36.0. The van der Waals surface area contributed by atoms with Gasteiger partial charge in [0.05, 0.1) is 31.1 Å². The minimum absolute atomic E-state index is 0. The Balaban J connectivity index is 0.000000213. The zero-order chi connectivity index (χ0) is 101. The van der Waals surface area contributed by atoms with Crippen LogP contribution >= 0.6 is 15.9 Å². The maximum atomic E-state index is 14.1. The van der Waals surface area contributed by atoms with Crippen molar-refractivity contribution in [2.24, 2.45) is 10.9 Å². The molecule has 0 aliphatic carbocycles. The number of methoxy groups -OCH3 is 2. The van der Waals surface area contributed by atoms with Crippen molar-refractivity contribution in [3.05, 3.63) is 316 Å². The second kappa shape index (κ2) is 62.4. The number of halogens is 5. The van der Waals surface area contributed by atoms with Crippen LogP contribution in [-0.2, 0) is 63.9 Å². The predicted molar refractivity (Wildman–Crippen MR) is 543 cm³/mol. The van der Waals surface area contributed by atoms with Crippen LogP contribution in [0.15, 0.2) is 246 Å². The fourth-order valence-electron chi connectivity index (χ4n) is 17.0. The molecule has 0 bridgehead atoms. The van der Waals surface area contributed by atoms with Gasteiger partial charge in [0.2, 0.25) is 0 Å². The summed E-state index contributed by atoms with van der Waals surface area (Å²) in [6.45, 7) is 18.9. The first-order valence-corrected chi connectivity index (χ1v) is 49.2. The number of nitrogens with one attached hydrogen (secondary N) is 9. The first-order valence-electron chi connectivity index (χ1n) is 48.1. The van der Waals surface area contributed by atoms with E-state index in [2.05, 4.69) is 167 Å². The van der Waals surface area contributed by atoms with Gasteiger partial charge in [-0.15, -0.1) is 0 Å². The first kappa shape index (κ1) is 116. The third kappa shape index (κ3) is 38.1. The van der Waals surface area contributed by atoms with Gasteiger partial charge in [-0.3, -0.25) is 33.9 Å². The van der Waals surface area contributed by atoms with E-state index in [9.17, 15) is 65.5 Å². The SMILES string of the molecule is COC(=O)C1=C(C)NC(=O)N(C(=O)NCCCBr)C1c1ccc(F)c(F)c1.COC(=O)C1=C(C)NC(=O)N(C(=O)NCCCN2CCC(NC(=O)c3ccccc3)CC2)C1c1ccc(F)c(F)c1.NC1CCN(Cc2ccccc2)CC1.O=C(NC1CCNCC1)c1ccccc1.O=C(NC1CCNCC1)c1ccccc1.O=C1CCN(Cc2ccccc2)CC1.ON=C1CCN(Cc2ccccc2)CC1.[CH3-].[Pd]. The number of rotatable bonds is 23. The second-order valence-electron chi connectivity index (χ2n) is 35.2. The summed E-state index contributed by atoms with van der Waals surface area (Å²) in [5.74, 6) is -5.76. The molecule has 30 nitrogen and oxygen atoms in total. The van der Waals surface area contributed by atoms with Crippen molar-refractivity contribution in [2.45, 2.75) is 160 Å². The maximum absolute atomic E-state index is 14.1. The monoisotopic (exact) mass is 2130 g/mol. The summed E-state index contributed by atoms with van der Waals surface area (Å²) >= 11 is 3.23. The van der Waals surface area contributed by atoms with Crippen LogP contribution in [0.2, 0.25) is 0 Å². The third-order valence-electron chi connectivity index (χ3n) is 24.9. The average Bonchev–Trinajstić information content (AvgIpc) is 0.765. The molecule has 11 amide bonds. The Bertz CT molecular complexity index is 5350. The smallest absolute Gasteiger partial charge is 0.337 e. The number of likely N-dealkylation sites (tertiary alicyclic amines) is 4. The van der Waals surface area contributed by atoms with Crippen LogP contribution in [0.3, 0.4) is 0 Å². The zero-order valence-electron chi connectivity index (χ0n) is 81.8. The molecule has 8 heterocycles. The summed E-state index contributed by atoms with van der Waals surface area (Å²) in [5.41, 5.74) is 13.3. The standard InChI is InChI=1S/C29H33F2N5O5.C17H18BrF2N3O4.3C12H16N2O.C12H18N2.C12H15NO.CH3.Pd/c1-18-24(27(38)41-2)25(20-9-10-22(30)23(31)17-20)36(29(40)33-18)28(39)32-13-6-14-35-15-11-21(12-16-35)34-26(37)19-7-4-3-5-8-19;1-9-13(15(24)27-2)14(10-4-5-11(19)12(20)8-10)23(17(26)22-9)16(25)21-7-3-6-18;15-13-12-6-8-14(9-7-12)10-11-4-2-1-3-5-11;2*15-12(10-4-2-1-3-5-10)14-11-6-8-13-9-7-11;13-12-6-8-14(9-7-12)10-11-4-2-1-3-5-11;14-12-6-8-13(9-7-12)10-11-4-2-1-3-5-11;;/h3-5,7-10,17,21,25H,6,11-16H2,1-2H3,(H,32,39)(H,33,40)(H,34,37);4-5,8,14H,3,6-7H2,1-2H3,(H,21,25)(H,22,26);1-5,15H,6-10H2;2*1-5,11,13H,6-9H2,(H,14,15);1-5,12H,6-10,13H2;1-5H,6-10H2;1H3;/q;;;;;;;-1;. The minimum Gasteiger partial charge on any atom is -0.466 e. The maximum Gasteiger partial charge on any atom is 0.337 e. The van der Waals surface area contributed by atoms with Gasteiger partial charge >= 0.3 is 36.1 Å². The molecular formula is C107H135BrF4N17O13Pd-. The van der Waals surface area contributed by atoms with Gasteiger partial charge in [0.25, 0.3) is 17.7 Å². The number of ketones is 1. The van der Waals surface area contributed by atoms with Crippen molar-refractivity contribution in [3.63, 3.8) is 0 Å². The van der Waals surface area contributed by atoms with Gasteiger partial charge in [-0.25, -0.2) is 56.1 Å². The molecule has 0 saturated carbocycles. The number of carbonyl (C=O) groups excluding carboxylic acids is 10. The number of nitrogens with two attached hydrogens (primary N) is 1. The van der Waals surface area contributed by atoms with E-state index in [1.807, 2.05) is 91.0 Å². The van der Waals surface area contributed by atoms with E-state index in [4.69, 9.17) is 20.4 Å². The molecule has 143 heavy (non-hydrogen) atoms. The van der Waals surface area contributed by atoms with Crippen molar-refractivity contribution in [1.82, 2.24) is 77.3 Å². The normalized spacial score (nSPS) is 17.6. The molecule has 16 rings (SSSR count). The Morgan fingerprint density at radius 3 is 1.09 bits per heavy atom. The summed E-state index contributed by atoms with van der Waals surface area (Å²) in [6.07, 6.45) is 12.4. The zero-order valence-corrected chi connectivity index (χ0v) is 85.0. The van der Waals surface area contributed by atoms with Crippen LogP contribution in [0.5, 0.6) is 0 Å². The fraction of sp³-hybridized carbons (Fsp3) is 0.402. The van der Waals surface area contributed by atoms with Gasteiger partial charge in [0.15, 0.2) is 23.3 Å². The molecule has 0 spiro atoms. The van der Waals surface area contributed by atoms with Crippen molar-refractivity contribution < 1.29 is 101 Å². The van der Waals surface area contributed by atoms with Gasteiger partial charge in [0.1, 0.15) is 17.9 Å². The topological polar surface area (TPSA) is 375 Å². The average molecular weight is 2130 g/mol. The number of imide groups is 2. The molecule has 8 aliphatic rings. The number of hydrogen-bond donors (Lipinski definition) is 11. The molecule has 0 radical (unpaired) electrons. The van der Waals surface area contributed by atoms with Gasteiger partial charge < -0.3 is 80.6 Å². The summed E-state index contributed by atoms with van der Waals surface area (Å²) in [7, 11) is 2.29. The van der Waals surface area contributed by atoms with E-state index in [0.29, 0.717) is 54.2 Å². The third-order valence-corrected chi connectivity index (χ3v) is 25.5. The van der Waals surface area contributed by atoms with E-state index in [1.165, 1.54) is 42.7 Å². The predicted octanol–water partition coefficient (Wildman–Crippen LogP) is 14.8. The molecular weight excluding hydrogens is 1990 g/mol. The van der Waals surface area contributed by atoms with E-state index in [-0.39, 0.29) is 98.4 Å². The molecule has 772 valence electrons. The van der Waals surface area contributed by atoms with Crippen molar-refractivity contribution in [2.75, 3.05) is 118 Å². The Morgan fingerprint density at radius 1 is 0.434 bits per heavy atom. The number of nitrogens with zero attached hydrogens (tertiary/aromatic N) is 7. The summed E-state index contributed by atoms with van der Waals surface area (Å²) in [5, 5.41) is 38.4. The Hall–Kier alpha value is -12.2. The van der Waals surface area contributed by atoms with Crippen molar-refractivity contribution in [3.8, 4) is 0 Å². The van der Waals surface area contributed by atoms with E-state index in [0.717, 1.165) is 240 Å². The summed E-state index contributed by atoms with van der Waals surface area (Å²) in [6, 6.07) is 60.6. The molecule has 8 aromatic carbocycles. The largest absolute Gasteiger partial charge is 0.466 e. The van der Waals surface area contributed by atoms with Crippen LogP contribution in [0.1, 0.15) is 175 Å². The van der Waals surface area contributed by atoms with Crippen molar-refractivity contribution in [1.29, 1.82) is 0 Å². The number of esters is 2. The van der Waals surface area contributed by atoms with Gasteiger partial charge in [-0.2, -0.15) is 0 Å². The first-order chi connectivity index (χ1) is 68.3. The van der Waals surface area contributed by atoms with Gasteiger partial charge in [-0.05, 0) is 212 Å². The van der Waals surface area contributed by atoms with Crippen LogP contribution in [-0.4, -0.2) is 242 Å². The number of piperidine rings is 6. The molecule has 6 fully saturated rings.